The van der Waals surface area contributed by atoms with E-state index in [1.165, 1.54) is 0 Å². The maximum Gasteiger partial charge on any atom is 0.123 e. The lowest BCUT2D eigenvalue weighted by Crippen LogP contribution is -2.35. The number of hydrogen-bond acceptors (Lipinski definition) is 4. The third-order valence-electron chi connectivity index (χ3n) is 3.70. The smallest absolute Gasteiger partial charge is 0.123 e. The van der Waals surface area contributed by atoms with Crippen molar-refractivity contribution in [1.29, 1.82) is 0 Å². The summed E-state index contributed by atoms with van der Waals surface area (Å²) in [5.41, 5.74) is 7.21. The van der Waals surface area contributed by atoms with Gasteiger partial charge in [0.1, 0.15) is 5.75 Å². The number of para-hydroxylation sites is 1. The number of ether oxygens (including phenoxy) is 3. The lowest BCUT2D eigenvalue weighted by atomic mass is 10.0. The van der Waals surface area contributed by atoms with Gasteiger partial charge < -0.3 is 19.9 Å². The first-order valence-corrected chi connectivity index (χ1v) is 7.25. The van der Waals surface area contributed by atoms with Crippen LogP contribution in [-0.4, -0.2) is 32.0 Å². The van der Waals surface area contributed by atoms with E-state index in [9.17, 15) is 0 Å². The summed E-state index contributed by atoms with van der Waals surface area (Å²) in [6.45, 7) is 4.68. The second kappa shape index (κ2) is 7.07. The van der Waals surface area contributed by atoms with E-state index in [4.69, 9.17) is 19.9 Å². The van der Waals surface area contributed by atoms with Crippen molar-refractivity contribution in [2.45, 2.75) is 51.0 Å². The minimum atomic E-state index is -0.167. The fourth-order valence-electron chi connectivity index (χ4n) is 2.78. The van der Waals surface area contributed by atoms with Gasteiger partial charge in [-0.05, 0) is 32.8 Å². The van der Waals surface area contributed by atoms with Crippen molar-refractivity contribution in [2.75, 3.05) is 13.7 Å². The van der Waals surface area contributed by atoms with E-state index < -0.39 is 0 Å². The van der Waals surface area contributed by atoms with Crippen LogP contribution in [0.1, 0.15) is 38.3 Å². The molecule has 1 heterocycles. The molecule has 1 aliphatic rings. The van der Waals surface area contributed by atoms with Crippen LogP contribution in [0.5, 0.6) is 5.75 Å². The van der Waals surface area contributed by atoms with E-state index in [-0.39, 0.29) is 24.4 Å². The van der Waals surface area contributed by atoms with E-state index >= 15 is 0 Å². The van der Waals surface area contributed by atoms with Gasteiger partial charge in [-0.15, -0.1) is 0 Å². The summed E-state index contributed by atoms with van der Waals surface area (Å²) in [4.78, 5) is 0. The second-order valence-electron chi connectivity index (χ2n) is 5.53. The van der Waals surface area contributed by atoms with Crippen LogP contribution in [0.15, 0.2) is 24.3 Å². The zero-order valence-electron chi connectivity index (χ0n) is 12.5. The van der Waals surface area contributed by atoms with Crippen LogP contribution < -0.4 is 10.5 Å². The molecule has 1 aromatic rings. The van der Waals surface area contributed by atoms with Crippen molar-refractivity contribution in [2.24, 2.45) is 5.73 Å². The third kappa shape index (κ3) is 3.95. The van der Waals surface area contributed by atoms with Crippen molar-refractivity contribution >= 4 is 0 Å². The molecule has 0 aliphatic carbocycles. The molecule has 1 fully saturated rings. The molecule has 0 saturated carbocycles. The summed E-state index contributed by atoms with van der Waals surface area (Å²) in [7, 11) is 1.66. The molecule has 2 N–H and O–H groups in total. The number of nitrogens with two attached hydrogens (primary N) is 1. The Kier molecular flexibility index (Phi) is 5.40. The molecule has 1 aromatic carbocycles. The van der Waals surface area contributed by atoms with E-state index in [0.717, 1.165) is 24.2 Å². The molecule has 20 heavy (non-hydrogen) atoms. The van der Waals surface area contributed by atoms with Gasteiger partial charge in [0.2, 0.25) is 0 Å². The first kappa shape index (κ1) is 15.3. The van der Waals surface area contributed by atoms with Crippen LogP contribution in [0.2, 0.25) is 0 Å². The van der Waals surface area contributed by atoms with Crippen LogP contribution in [0.4, 0.5) is 0 Å². The monoisotopic (exact) mass is 279 g/mol. The van der Waals surface area contributed by atoms with Gasteiger partial charge in [-0.25, -0.2) is 0 Å². The highest BCUT2D eigenvalue weighted by Crippen LogP contribution is 2.26. The molecule has 0 aromatic heterocycles. The van der Waals surface area contributed by atoms with Crippen LogP contribution in [0.3, 0.4) is 0 Å². The van der Waals surface area contributed by atoms with Gasteiger partial charge >= 0.3 is 0 Å². The van der Waals surface area contributed by atoms with Gasteiger partial charge in [-0.2, -0.15) is 0 Å². The molecule has 0 spiro atoms. The number of benzene rings is 1. The Labute approximate surface area is 121 Å². The molecular weight excluding hydrogens is 254 g/mol. The highest BCUT2D eigenvalue weighted by molar-refractivity contribution is 5.35. The van der Waals surface area contributed by atoms with Gasteiger partial charge in [0.05, 0.1) is 38.1 Å². The maximum atomic E-state index is 6.22. The minimum absolute atomic E-state index is 0.167. The molecule has 4 heteroatoms. The molecule has 0 radical (unpaired) electrons. The molecule has 112 valence electrons. The second-order valence-corrected chi connectivity index (χ2v) is 5.53. The summed E-state index contributed by atoms with van der Waals surface area (Å²) in [5.74, 6) is 0.817. The molecule has 4 nitrogen and oxygen atoms in total. The van der Waals surface area contributed by atoms with Crippen LogP contribution >= 0.6 is 0 Å². The highest BCUT2D eigenvalue weighted by Gasteiger charge is 2.25. The lowest BCUT2D eigenvalue weighted by molar-refractivity contribution is -0.103. The predicted molar refractivity (Wildman–Crippen MR) is 78.9 cm³/mol. The summed E-state index contributed by atoms with van der Waals surface area (Å²) in [5, 5.41) is 0. The minimum Gasteiger partial charge on any atom is -0.496 e. The molecule has 3 unspecified atom stereocenters. The van der Waals surface area contributed by atoms with Gasteiger partial charge in [0.15, 0.2) is 0 Å². The molecule has 1 saturated heterocycles. The Morgan fingerprint density at radius 2 is 1.90 bits per heavy atom. The van der Waals surface area contributed by atoms with Crippen molar-refractivity contribution < 1.29 is 14.2 Å². The zero-order valence-corrected chi connectivity index (χ0v) is 12.5. The Bertz CT molecular complexity index is 414. The van der Waals surface area contributed by atoms with E-state index in [0.29, 0.717) is 6.61 Å². The summed E-state index contributed by atoms with van der Waals surface area (Å²) >= 11 is 0. The van der Waals surface area contributed by atoms with E-state index in [2.05, 4.69) is 13.8 Å². The largest absolute Gasteiger partial charge is 0.496 e. The fourth-order valence-corrected chi connectivity index (χ4v) is 2.78. The number of rotatable bonds is 5. The van der Waals surface area contributed by atoms with Gasteiger partial charge in [-0.1, -0.05) is 18.2 Å². The standard InChI is InChI=1S/C16H25NO3/c1-11-8-13(9-12(2)20-11)19-10-15(17)14-6-4-5-7-16(14)18-3/h4-7,11-13,15H,8-10,17H2,1-3H3. The SMILES string of the molecule is COc1ccccc1C(N)COC1CC(C)OC(C)C1. The highest BCUT2D eigenvalue weighted by atomic mass is 16.5. The van der Waals surface area contributed by atoms with Gasteiger partial charge in [0.25, 0.3) is 0 Å². The Morgan fingerprint density at radius 1 is 1.25 bits per heavy atom. The molecule has 0 bridgehead atoms. The predicted octanol–water partition coefficient (Wildman–Crippen LogP) is 2.67. The van der Waals surface area contributed by atoms with E-state index in [1.54, 1.807) is 7.11 Å². The molecule has 0 amide bonds. The summed E-state index contributed by atoms with van der Waals surface area (Å²) in [6, 6.07) is 7.66. The normalized spacial score (nSPS) is 28.1. The fraction of sp³-hybridized carbons (Fsp3) is 0.625. The van der Waals surface area contributed by atoms with Crippen molar-refractivity contribution in [3.05, 3.63) is 29.8 Å². The molecular formula is C16H25NO3. The summed E-state index contributed by atoms with van der Waals surface area (Å²) in [6.07, 6.45) is 2.61. The number of methoxy groups -OCH3 is 1. The zero-order chi connectivity index (χ0) is 14.5. The number of hydrogen-bond donors (Lipinski definition) is 1. The topological polar surface area (TPSA) is 53.7 Å². The van der Waals surface area contributed by atoms with Crippen molar-refractivity contribution in [3.63, 3.8) is 0 Å². The first-order chi connectivity index (χ1) is 9.60. The molecule has 1 aliphatic heterocycles. The van der Waals surface area contributed by atoms with Crippen LogP contribution in [-0.2, 0) is 9.47 Å². The quantitative estimate of drug-likeness (QED) is 0.900. The Morgan fingerprint density at radius 3 is 2.55 bits per heavy atom. The van der Waals surface area contributed by atoms with Crippen LogP contribution in [0, 0.1) is 0 Å². The third-order valence-corrected chi connectivity index (χ3v) is 3.70. The average Bonchev–Trinajstić information content (AvgIpc) is 2.43. The van der Waals surface area contributed by atoms with E-state index in [1.807, 2.05) is 24.3 Å². The Balaban J connectivity index is 1.90. The van der Waals surface area contributed by atoms with Gasteiger partial charge in [0, 0.05) is 5.56 Å². The molecule has 2 rings (SSSR count). The van der Waals surface area contributed by atoms with Crippen molar-refractivity contribution in [3.8, 4) is 5.75 Å². The molecule has 3 atom stereocenters. The van der Waals surface area contributed by atoms with Crippen molar-refractivity contribution in [1.82, 2.24) is 0 Å². The average molecular weight is 279 g/mol. The lowest BCUT2D eigenvalue weighted by Gasteiger charge is -2.32. The first-order valence-electron chi connectivity index (χ1n) is 7.25. The van der Waals surface area contributed by atoms with Crippen LogP contribution in [0.25, 0.3) is 0 Å². The summed E-state index contributed by atoms with van der Waals surface area (Å²) < 4.78 is 17.0. The Hall–Kier alpha value is -1.10. The van der Waals surface area contributed by atoms with Gasteiger partial charge in [-0.3, -0.25) is 0 Å². The maximum absolute atomic E-state index is 6.22.